The Hall–Kier alpha value is -2.71. The number of piperazine rings is 1. The number of methoxy groups -OCH3 is 2. The lowest BCUT2D eigenvalue weighted by molar-refractivity contribution is -0.114. The van der Waals surface area contributed by atoms with Crippen molar-refractivity contribution in [2.45, 2.75) is 82.8 Å². The smallest absolute Gasteiger partial charge is 0.264 e. The number of carbonyl (C=O) groups excluding carboxylic acids is 1. The van der Waals surface area contributed by atoms with Crippen LogP contribution in [0, 0.1) is 17.8 Å². The number of allylic oxidation sites excluding steroid dienone is 1. The Kier molecular flexibility index (Phi) is 14.8. The maximum absolute atomic E-state index is 13.7. The van der Waals surface area contributed by atoms with Crippen LogP contribution in [0.3, 0.4) is 0 Å². The van der Waals surface area contributed by atoms with Crippen molar-refractivity contribution in [2.75, 3.05) is 84.8 Å². The van der Waals surface area contributed by atoms with Gasteiger partial charge in [-0.25, -0.2) is 13.1 Å². The van der Waals surface area contributed by atoms with Gasteiger partial charge in [-0.2, -0.15) is 0 Å². The molecule has 5 atom stereocenters. The Balaban J connectivity index is 1.35. The van der Waals surface area contributed by atoms with E-state index in [1.54, 1.807) is 27.2 Å². The van der Waals surface area contributed by atoms with E-state index in [4.69, 9.17) is 30.5 Å². The number of anilines is 1. The molecule has 310 valence electrons. The van der Waals surface area contributed by atoms with Crippen LogP contribution in [0.2, 0.25) is 5.02 Å². The topological polar surface area (TPSA) is 110 Å². The van der Waals surface area contributed by atoms with Crippen LogP contribution in [0.15, 0.2) is 48.6 Å². The lowest BCUT2D eigenvalue weighted by atomic mass is 9.63. The van der Waals surface area contributed by atoms with Crippen LogP contribution < -0.4 is 14.4 Å². The summed E-state index contributed by atoms with van der Waals surface area (Å²) in [5, 5.41) is -0.0824. The molecule has 2 fully saturated rings. The molecule has 11 nitrogen and oxygen atoms in total. The van der Waals surface area contributed by atoms with Gasteiger partial charge in [0.25, 0.3) is 5.91 Å². The summed E-state index contributed by atoms with van der Waals surface area (Å²) in [6.07, 6.45) is 9.84. The molecule has 2 aromatic carbocycles. The Bertz CT molecular complexity index is 1760. The van der Waals surface area contributed by atoms with E-state index in [1.807, 2.05) is 37.3 Å². The molecule has 56 heavy (non-hydrogen) atoms. The molecule has 1 aliphatic carbocycles. The van der Waals surface area contributed by atoms with Crippen molar-refractivity contribution in [3.8, 4) is 5.75 Å². The normalized spacial score (nSPS) is 28.6. The number of benzene rings is 2. The average molecular weight is 816 g/mol. The maximum atomic E-state index is 13.7. The van der Waals surface area contributed by atoms with Gasteiger partial charge in [0.2, 0.25) is 10.0 Å². The second-order valence-corrected chi connectivity index (χ2v) is 18.8. The van der Waals surface area contributed by atoms with Gasteiger partial charge in [-0.05, 0) is 112 Å². The largest absolute Gasteiger partial charge is 0.487 e. The summed E-state index contributed by atoms with van der Waals surface area (Å²) in [6, 6.07) is 11.5. The molecule has 0 radical (unpaired) electrons. The molecule has 3 aliphatic heterocycles. The van der Waals surface area contributed by atoms with Crippen molar-refractivity contribution in [2.24, 2.45) is 17.8 Å². The van der Waals surface area contributed by atoms with Crippen LogP contribution in [-0.4, -0.2) is 121 Å². The zero-order valence-corrected chi connectivity index (χ0v) is 35.6. The Morgan fingerprint density at radius 3 is 2.45 bits per heavy atom. The van der Waals surface area contributed by atoms with Crippen molar-refractivity contribution < 1.29 is 32.2 Å². The van der Waals surface area contributed by atoms with Gasteiger partial charge in [0.1, 0.15) is 18.0 Å². The van der Waals surface area contributed by atoms with E-state index in [1.165, 1.54) is 5.56 Å². The first-order valence-corrected chi connectivity index (χ1v) is 22.5. The Morgan fingerprint density at radius 2 is 1.75 bits per heavy atom. The van der Waals surface area contributed by atoms with Crippen molar-refractivity contribution in [3.63, 3.8) is 0 Å². The lowest BCUT2D eigenvalue weighted by Gasteiger charge is -2.52. The first-order chi connectivity index (χ1) is 27.0. The number of sulfonamides is 1. The molecule has 1 N–H and O–H groups in total. The summed E-state index contributed by atoms with van der Waals surface area (Å²) in [7, 11) is -0.491. The van der Waals surface area contributed by atoms with Gasteiger partial charge in [0.15, 0.2) is 0 Å². The summed E-state index contributed by atoms with van der Waals surface area (Å²) in [6.45, 7) is 13.8. The first-order valence-electron chi connectivity index (χ1n) is 20.6. The zero-order chi connectivity index (χ0) is 39.9. The van der Waals surface area contributed by atoms with E-state index in [9.17, 15) is 13.2 Å². The Morgan fingerprint density at radius 1 is 0.982 bits per heavy atom. The summed E-state index contributed by atoms with van der Waals surface area (Å²) in [5.74, 6) is 0.376. The summed E-state index contributed by atoms with van der Waals surface area (Å²) in [5.41, 5.74) is 2.81. The van der Waals surface area contributed by atoms with E-state index in [2.05, 4.69) is 38.5 Å². The fourth-order valence-electron chi connectivity index (χ4n) is 9.10. The number of nitrogens with one attached hydrogen (secondary N) is 1. The number of aryl methyl sites for hydroxylation is 1. The molecule has 0 spiro atoms. The van der Waals surface area contributed by atoms with E-state index >= 15 is 0 Å². The fourth-order valence-corrected chi connectivity index (χ4v) is 10.6. The zero-order valence-electron chi connectivity index (χ0n) is 34.0. The van der Waals surface area contributed by atoms with Gasteiger partial charge in [-0.1, -0.05) is 36.7 Å². The van der Waals surface area contributed by atoms with Crippen molar-refractivity contribution in [3.05, 3.63) is 70.3 Å². The van der Waals surface area contributed by atoms with Gasteiger partial charge in [0, 0.05) is 77.2 Å². The third kappa shape index (κ3) is 10.1. The number of hydrogen-bond donors (Lipinski definition) is 1. The lowest BCUT2D eigenvalue weighted by Crippen LogP contribution is -2.60. The van der Waals surface area contributed by atoms with Gasteiger partial charge < -0.3 is 23.8 Å². The number of amides is 1. The highest BCUT2D eigenvalue weighted by molar-refractivity contribution is 7.90. The number of nitrogens with zero attached hydrogens (tertiary/aromatic N) is 3. The molecule has 1 saturated heterocycles. The third-order valence-electron chi connectivity index (χ3n) is 12.7. The Labute approximate surface area is 340 Å². The number of rotatable bonds is 9. The van der Waals surface area contributed by atoms with E-state index in [0.717, 1.165) is 89.2 Å². The van der Waals surface area contributed by atoms with Gasteiger partial charge in [-0.3, -0.25) is 14.6 Å². The van der Waals surface area contributed by atoms with E-state index in [0.29, 0.717) is 55.1 Å². The highest BCUT2D eigenvalue weighted by Gasteiger charge is 2.49. The summed E-state index contributed by atoms with van der Waals surface area (Å²) < 4.78 is 54.4. The van der Waals surface area contributed by atoms with Crippen LogP contribution in [0.1, 0.15) is 74.4 Å². The van der Waals surface area contributed by atoms with Crippen LogP contribution >= 0.6 is 11.6 Å². The van der Waals surface area contributed by atoms with Crippen LogP contribution in [0.25, 0.3) is 0 Å². The standard InChI is InChI=1S/C43H63ClN4O7S/c1-6-55-43(30-46-20-22-47(23-21-46)38(28-52-4)29-53-5)18-9-10-31(2)32(3)56(50,51)45-42(49)34-14-17-41-40(25-34)48(26-35-13-16-39(35)43)19-8-7-11-33-24-37(44)15-12-36(33)27-54-41/h9,12,14-15,17-18,24-25,31-32,35,38-39H,6-8,10-11,13,16,19-23,26-30H2,1-5H3,(H,45,49)/b18-9+/t31-,32+,35-,39+,43+/m0/s1. The van der Waals surface area contributed by atoms with Crippen LogP contribution in [-0.2, 0) is 37.3 Å². The van der Waals surface area contributed by atoms with E-state index < -0.39 is 26.8 Å². The number of hydrogen-bond acceptors (Lipinski definition) is 10. The van der Waals surface area contributed by atoms with Crippen LogP contribution in [0.4, 0.5) is 5.69 Å². The molecule has 2 aromatic rings. The third-order valence-corrected chi connectivity index (χ3v) is 14.8. The van der Waals surface area contributed by atoms with Crippen molar-refractivity contribution >= 4 is 33.2 Å². The predicted molar refractivity (Wildman–Crippen MR) is 222 cm³/mol. The maximum Gasteiger partial charge on any atom is 0.264 e. The molecule has 0 aromatic heterocycles. The number of ether oxygens (including phenoxy) is 4. The molecule has 1 saturated carbocycles. The molecule has 0 unspecified atom stereocenters. The molecular formula is C43H63ClN4O7S. The molecule has 1 amide bonds. The fraction of sp³-hybridized carbons (Fsp3) is 0.651. The number of carbonyl (C=O) groups is 1. The second-order valence-electron chi connectivity index (χ2n) is 16.3. The molecular weight excluding hydrogens is 752 g/mol. The average Bonchev–Trinajstić information content (AvgIpc) is 3.19. The SMILES string of the molecule is CCO[C@@]1(CN2CCN(C(COC)COC)CC2)/C=C/C[C@H](C)[C@@H](C)S(=O)(=O)NC(=O)c2ccc3c(c2)N(CCCCc2cc(Cl)ccc2CO3)C[C@@H]2CC[C@H]21. The second kappa shape index (κ2) is 19.4. The quantitative estimate of drug-likeness (QED) is 0.295. The highest BCUT2D eigenvalue weighted by atomic mass is 35.5. The minimum atomic E-state index is -3.98. The van der Waals surface area contributed by atoms with E-state index in [-0.39, 0.29) is 17.9 Å². The highest BCUT2D eigenvalue weighted by Crippen LogP contribution is 2.47. The van der Waals surface area contributed by atoms with Crippen molar-refractivity contribution in [1.29, 1.82) is 0 Å². The predicted octanol–water partition coefficient (Wildman–Crippen LogP) is 6.19. The minimum Gasteiger partial charge on any atom is -0.487 e. The van der Waals surface area contributed by atoms with Crippen molar-refractivity contribution in [1.82, 2.24) is 14.5 Å². The number of halogens is 1. The molecule has 6 rings (SSSR count). The van der Waals surface area contributed by atoms with Crippen LogP contribution in [0.5, 0.6) is 5.75 Å². The minimum absolute atomic E-state index is 0.214. The summed E-state index contributed by atoms with van der Waals surface area (Å²) in [4.78, 5) is 21.1. The first kappa shape index (κ1) is 42.9. The molecule has 3 heterocycles. The number of fused-ring (bicyclic) bond motifs is 3. The molecule has 4 aliphatic rings. The van der Waals surface area contributed by atoms with Gasteiger partial charge in [0.05, 0.1) is 30.2 Å². The van der Waals surface area contributed by atoms with Gasteiger partial charge >= 0.3 is 0 Å². The molecule has 2 bridgehead atoms. The van der Waals surface area contributed by atoms with Gasteiger partial charge in [-0.15, -0.1) is 0 Å². The molecule has 13 heteroatoms. The summed E-state index contributed by atoms with van der Waals surface area (Å²) >= 11 is 6.42. The monoisotopic (exact) mass is 814 g/mol.